The molecule has 18 heavy (non-hydrogen) atoms. The summed E-state index contributed by atoms with van der Waals surface area (Å²) in [5.74, 6) is -0.283. The van der Waals surface area contributed by atoms with E-state index >= 15 is 0 Å². The fourth-order valence-corrected chi connectivity index (χ4v) is 1.98. The van der Waals surface area contributed by atoms with Crippen LogP contribution in [0.5, 0.6) is 5.75 Å². The molecular formula is C14H21NO3. The lowest BCUT2D eigenvalue weighted by Crippen LogP contribution is -2.39. The molecule has 0 bridgehead atoms. The van der Waals surface area contributed by atoms with Crippen molar-refractivity contribution in [3.63, 3.8) is 0 Å². The molecule has 0 saturated heterocycles. The zero-order chi connectivity index (χ0) is 14.1. The molecule has 0 saturated carbocycles. The molecule has 0 radical (unpaired) electrons. The van der Waals surface area contributed by atoms with Gasteiger partial charge in [-0.25, -0.2) is 0 Å². The van der Waals surface area contributed by atoms with Crippen molar-refractivity contribution in [1.29, 1.82) is 0 Å². The van der Waals surface area contributed by atoms with Crippen molar-refractivity contribution in [2.45, 2.75) is 33.3 Å². The number of phenolic OH excluding ortho intramolecular Hbond substituents is 1. The number of amides is 1. The Kier molecular flexibility index (Phi) is 4.02. The predicted octanol–water partition coefficient (Wildman–Crippen LogP) is 1.85. The van der Waals surface area contributed by atoms with E-state index in [2.05, 4.69) is 0 Å². The van der Waals surface area contributed by atoms with Crippen LogP contribution in [0.2, 0.25) is 0 Å². The number of phenols is 1. The first-order valence-corrected chi connectivity index (χ1v) is 5.90. The lowest BCUT2D eigenvalue weighted by Gasteiger charge is -2.26. The summed E-state index contributed by atoms with van der Waals surface area (Å²) in [6.07, 6.45) is 0. The van der Waals surface area contributed by atoms with E-state index in [-0.39, 0.29) is 23.8 Å². The van der Waals surface area contributed by atoms with Gasteiger partial charge in [-0.15, -0.1) is 0 Å². The number of hydrogen-bond donors (Lipinski definition) is 2. The smallest absolute Gasteiger partial charge is 0.257 e. The van der Waals surface area contributed by atoms with Crippen LogP contribution in [0.1, 0.15) is 35.3 Å². The van der Waals surface area contributed by atoms with Gasteiger partial charge in [0, 0.05) is 13.6 Å². The molecule has 0 spiro atoms. The van der Waals surface area contributed by atoms with Gasteiger partial charge in [-0.05, 0) is 44.9 Å². The average Bonchev–Trinajstić information content (AvgIpc) is 2.19. The van der Waals surface area contributed by atoms with Gasteiger partial charge in [-0.3, -0.25) is 4.79 Å². The summed E-state index contributed by atoms with van der Waals surface area (Å²) in [5, 5.41) is 19.6. The van der Waals surface area contributed by atoms with E-state index in [0.717, 1.165) is 5.56 Å². The van der Waals surface area contributed by atoms with E-state index in [1.165, 1.54) is 4.90 Å². The van der Waals surface area contributed by atoms with Crippen LogP contribution in [0.25, 0.3) is 0 Å². The van der Waals surface area contributed by atoms with Crippen LogP contribution >= 0.6 is 0 Å². The third-order valence-corrected chi connectivity index (χ3v) is 2.65. The normalized spacial score (nSPS) is 11.4. The molecule has 4 heteroatoms. The molecule has 0 heterocycles. The van der Waals surface area contributed by atoms with Gasteiger partial charge in [0.05, 0.1) is 11.2 Å². The van der Waals surface area contributed by atoms with Crippen LogP contribution in [0, 0.1) is 13.8 Å². The first kappa shape index (κ1) is 14.5. The molecule has 4 nitrogen and oxygen atoms in total. The van der Waals surface area contributed by atoms with Gasteiger partial charge in [0.2, 0.25) is 0 Å². The Morgan fingerprint density at radius 2 is 1.89 bits per heavy atom. The number of nitrogens with zero attached hydrogens (tertiary/aromatic N) is 1. The molecule has 1 aromatic carbocycles. The second-order valence-corrected chi connectivity index (χ2v) is 5.45. The van der Waals surface area contributed by atoms with Crippen molar-refractivity contribution in [2.75, 3.05) is 13.6 Å². The number of carbonyl (C=O) groups excluding carboxylic acids is 1. The maximum atomic E-state index is 12.2. The zero-order valence-corrected chi connectivity index (χ0v) is 11.6. The van der Waals surface area contributed by atoms with Crippen molar-refractivity contribution in [2.24, 2.45) is 0 Å². The molecule has 0 aliphatic rings. The SMILES string of the molecule is Cc1cc(C)c(O)c(C(=O)N(C)CC(C)(C)O)c1. The van der Waals surface area contributed by atoms with Crippen LogP contribution in [0.3, 0.4) is 0 Å². The molecule has 0 aromatic heterocycles. The molecule has 1 rings (SSSR count). The van der Waals surface area contributed by atoms with Gasteiger partial charge in [0.15, 0.2) is 0 Å². The number of benzene rings is 1. The first-order valence-electron chi connectivity index (χ1n) is 5.90. The van der Waals surface area contributed by atoms with Gasteiger partial charge >= 0.3 is 0 Å². The van der Waals surface area contributed by atoms with Crippen LogP contribution in [0.15, 0.2) is 12.1 Å². The number of aliphatic hydroxyl groups is 1. The highest BCUT2D eigenvalue weighted by molar-refractivity contribution is 5.97. The van der Waals surface area contributed by atoms with E-state index in [0.29, 0.717) is 5.56 Å². The topological polar surface area (TPSA) is 60.8 Å². The number of hydrogen-bond acceptors (Lipinski definition) is 3. The molecule has 2 N–H and O–H groups in total. The van der Waals surface area contributed by atoms with Gasteiger partial charge in [-0.1, -0.05) is 6.07 Å². The van der Waals surface area contributed by atoms with Crippen molar-refractivity contribution in [3.05, 3.63) is 28.8 Å². The Labute approximate surface area is 108 Å². The van der Waals surface area contributed by atoms with Crippen LogP contribution in [-0.4, -0.2) is 40.2 Å². The number of aryl methyl sites for hydroxylation is 2. The Hall–Kier alpha value is -1.55. The van der Waals surface area contributed by atoms with Crippen molar-refractivity contribution in [1.82, 2.24) is 4.90 Å². The lowest BCUT2D eigenvalue weighted by molar-refractivity contribution is 0.0366. The number of carbonyl (C=O) groups is 1. The summed E-state index contributed by atoms with van der Waals surface area (Å²) in [7, 11) is 1.61. The summed E-state index contributed by atoms with van der Waals surface area (Å²) in [4.78, 5) is 13.6. The minimum Gasteiger partial charge on any atom is -0.507 e. The fourth-order valence-electron chi connectivity index (χ4n) is 1.98. The molecule has 0 aliphatic heterocycles. The quantitative estimate of drug-likeness (QED) is 0.862. The van der Waals surface area contributed by atoms with Crippen molar-refractivity contribution >= 4 is 5.91 Å². The molecule has 100 valence electrons. The molecule has 0 aliphatic carbocycles. The minimum atomic E-state index is -0.959. The fraction of sp³-hybridized carbons (Fsp3) is 0.500. The zero-order valence-electron chi connectivity index (χ0n) is 11.6. The van der Waals surface area contributed by atoms with E-state index in [4.69, 9.17) is 0 Å². The summed E-state index contributed by atoms with van der Waals surface area (Å²) in [6, 6.07) is 3.48. The Morgan fingerprint density at radius 1 is 1.33 bits per heavy atom. The molecule has 0 fully saturated rings. The maximum Gasteiger partial charge on any atom is 0.257 e. The van der Waals surface area contributed by atoms with Crippen molar-refractivity contribution in [3.8, 4) is 5.75 Å². The van der Waals surface area contributed by atoms with Crippen LogP contribution < -0.4 is 0 Å². The van der Waals surface area contributed by atoms with Gasteiger partial charge < -0.3 is 15.1 Å². The van der Waals surface area contributed by atoms with E-state index in [9.17, 15) is 15.0 Å². The molecule has 1 amide bonds. The van der Waals surface area contributed by atoms with E-state index in [1.54, 1.807) is 33.9 Å². The van der Waals surface area contributed by atoms with E-state index < -0.39 is 5.60 Å². The maximum absolute atomic E-state index is 12.2. The van der Waals surface area contributed by atoms with Crippen LogP contribution in [0.4, 0.5) is 0 Å². The van der Waals surface area contributed by atoms with E-state index in [1.807, 2.05) is 13.0 Å². The molecule has 1 aromatic rings. The lowest BCUT2D eigenvalue weighted by atomic mass is 10.0. The third-order valence-electron chi connectivity index (χ3n) is 2.65. The highest BCUT2D eigenvalue weighted by atomic mass is 16.3. The largest absolute Gasteiger partial charge is 0.507 e. The Morgan fingerprint density at radius 3 is 2.39 bits per heavy atom. The van der Waals surface area contributed by atoms with Gasteiger partial charge in [-0.2, -0.15) is 0 Å². The number of rotatable bonds is 3. The Bertz CT molecular complexity index is 461. The highest BCUT2D eigenvalue weighted by Crippen LogP contribution is 2.25. The molecule has 0 atom stereocenters. The Balaban J connectivity index is 3.04. The van der Waals surface area contributed by atoms with Gasteiger partial charge in [0.25, 0.3) is 5.91 Å². The highest BCUT2D eigenvalue weighted by Gasteiger charge is 2.22. The third kappa shape index (κ3) is 3.47. The second kappa shape index (κ2) is 4.98. The molecule has 0 unspecified atom stereocenters. The molecular weight excluding hydrogens is 230 g/mol. The summed E-state index contributed by atoms with van der Waals surface area (Å²) < 4.78 is 0. The number of likely N-dealkylation sites (N-methyl/N-ethyl adjacent to an activating group) is 1. The van der Waals surface area contributed by atoms with Gasteiger partial charge in [0.1, 0.15) is 5.75 Å². The average molecular weight is 251 g/mol. The predicted molar refractivity (Wildman–Crippen MR) is 70.8 cm³/mol. The van der Waals surface area contributed by atoms with Crippen molar-refractivity contribution < 1.29 is 15.0 Å². The summed E-state index contributed by atoms with van der Waals surface area (Å²) in [6.45, 7) is 7.11. The van der Waals surface area contributed by atoms with Crippen LogP contribution in [-0.2, 0) is 0 Å². The number of aromatic hydroxyl groups is 1. The summed E-state index contributed by atoms with van der Waals surface area (Å²) >= 11 is 0. The summed E-state index contributed by atoms with van der Waals surface area (Å²) in [5.41, 5.74) is 0.915. The second-order valence-electron chi connectivity index (χ2n) is 5.45. The monoisotopic (exact) mass is 251 g/mol. The minimum absolute atomic E-state index is 0.00759. The first-order chi connectivity index (χ1) is 8.11. The standard InChI is InChI=1S/C14H21NO3/c1-9-6-10(2)12(16)11(7-9)13(17)15(5)8-14(3,4)18/h6-7,16,18H,8H2,1-5H3.